The second-order valence-corrected chi connectivity index (χ2v) is 7.23. The average molecular weight is 406 g/mol. The number of rotatable bonds is 4. The summed E-state index contributed by atoms with van der Waals surface area (Å²) in [5.74, 6) is -0.107. The molecule has 0 saturated carbocycles. The molecule has 1 saturated heterocycles. The van der Waals surface area contributed by atoms with Crippen molar-refractivity contribution >= 4 is 28.9 Å². The number of non-ortho nitro benzene ring substituents is 1. The number of nitro benzene ring substituents is 1. The maximum absolute atomic E-state index is 12.7. The van der Waals surface area contributed by atoms with Crippen LogP contribution in [-0.4, -0.2) is 52.7 Å². The van der Waals surface area contributed by atoms with Crippen molar-refractivity contribution in [3.63, 3.8) is 0 Å². The van der Waals surface area contributed by atoms with Gasteiger partial charge >= 0.3 is 0 Å². The van der Waals surface area contributed by atoms with Crippen LogP contribution in [0.15, 0.2) is 35.3 Å². The van der Waals surface area contributed by atoms with Crippen LogP contribution in [0.4, 0.5) is 11.4 Å². The van der Waals surface area contributed by atoms with E-state index in [0.29, 0.717) is 24.5 Å². The van der Waals surface area contributed by atoms with Crippen molar-refractivity contribution < 1.29 is 9.72 Å². The number of aromatic nitrogens is 2. The van der Waals surface area contributed by atoms with Crippen molar-refractivity contribution in [1.29, 1.82) is 0 Å². The number of carbonyl (C=O) groups is 1. The van der Waals surface area contributed by atoms with Gasteiger partial charge in [-0.05, 0) is 25.0 Å². The Morgan fingerprint density at radius 1 is 1.32 bits per heavy atom. The highest BCUT2D eigenvalue weighted by molar-refractivity contribution is 6.33. The molecule has 1 aliphatic heterocycles. The van der Waals surface area contributed by atoms with Gasteiger partial charge in [0.15, 0.2) is 0 Å². The quantitative estimate of drug-likeness (QED) is 0.570. The molecular weight excluding hydrogens is 386 g/mol. The zero-order valence-corrected chi connectivity index (χ0v) is 16.3. The van der Waals surface area contributed by atoms with Crippen molar-refractivity contribution in [2.75, 3.05) is 32.1 Å². The van der Waals surface area contributed by atoms with Gasteiger partial charge in [0.25, 0.3) is 11.2 Å². The van der Waals surface area contributed by atoms with E-state index in [-0.39, 0.29) is 22.5 Å². The molecule has 2 heterocycles. The molecule has 28 heavy (non-hydrogen) atoms. The lowest BCUT2D eigenvalue weighted by Gasteiger charge is -2.34. The Hall–Kier alpha value is -2.94. The smallest absolute Gasteiger partial charge is 0.292 e. The van der Waals surface area contributed by atoms with E-state index in [1.165, 1.54) is 30.5 Å². The van der Waals surface area contributed by atoms with Gasteiger partial charge in [-0.2, -0.15) is 9.78 Å². The highest BCUT2D eigenvalue weighted by atomic mass is 35.5. The number of halogens is 1. The third-order valence-corrected chi connectivity index (χ3v) is 5.11. The molecule has 10 heteroatoms. The Kier molecular flexibility index (Phi) is 5.64. The average Bonchev–Trinajstić information content (AvgIpc) is 2.69. The van der Waals surface area contributed by atoms with Crippen LogP contribution in [0.2, 0.25) is 5.02 Å². The number of hydrogen-bond acceptors (Lipinski definition) is 6. The molecule has 0 N–H and O–H groups in total. The number of anilines is 1. The van der Waals surface area contributed by atoms with Gasteiger partial charge in [0.2, 0.25) is 5.91 Å². The predicted octanol–water partition coefficient (Wildman–Crippen LogP) is 2.10. The number of amides is 1. The van der Waals surface area contributed by atoms with Crippen molar-refractivity contribution in [3.8, 4) is 5.69 Å². The highest BCUT2D eigenvalue weighted by Gasteiger charge is 2.28. The first-order valence-corrected chi connectivity index (χ1v) is 9.16. The molecule has 2 aromatic rings. The zero-order valence-electron chi connectivity index (χ0n) is 15.5. The van der Waals surface area contributed by atoms with Gasteiger partial charge in [-0.1, -0.05) is 11.6 Å². The Morgan fingerprint density at radius 3 is 2.61 bits per heavy atom. The van der Waals surface area contributed by atoms with Crippen molar-refractivity contribution in [2.45, 2.75) is 12.8 Å². The summed E-state index contributed by atoms with van der Waals surface area (Å²) in [6.45, 7) is 1.15. The molecule has 148 valence electrons. The standard InChI is InChI=1S/C18H20ClN5O4/c1-21(2)17(25)12-4-3-9-22(11-12)15-10-20-23(18(26)16(15)19)13-5-7-14(8-6-13)24(27)28/h5-8,10,12H,3-4,9,11H2,1-2H3. The lowest BCUT2D eigenvalue weighted by atomic mass is 9.96. The number of nitro groups is 1. The summed E-state index contributed by atoms with van der Waals surface area (Å²) in [6.07, 6.45) is 3.10. The number of hydrogen-bond donors (Lipinski definition) is 0. The number of benzene rings is 1. The monoisotopic (exact) mass is 405 g/mol. The molecule has 0 bridgehead atoms. The van der Waals surface area contributed by atoms with Crippen LogP contribution in [0.1, 0.15) is 12.8 Å². The minimum Gasteiger partial charge on any atom is -0.368 e. The van der Waals surface area contributed by atoms with Crippen molar-refractivity contribution in [1.82, 2.24) is 14.7 Å². The van der Waals surface area contributed by atoms with Gasteiger partial charge < -0.3 is 9.80 Å². The summed E-state index contributed by atoms with van der Waals surface area (Å²) in [6, 6.07) is 5.48. The first kappa shape index (κ1) is 19.8. The second kappa shape index (κ2) is 7.97. The predicted molar refractivity (Wildman–Crippen MR) is 105 cm³/mol. The summed E-state index contributed by atoms with van der Waals surface area (Å²) in [5, 5.41) is 15.0. The second-order valence-electron chi connectivity index (χ2n) is 6.85. The Labute approximate surface area is 166 Å². The SMILES string of the molecule is CN(C)C(=O)C1CCCN(c2cnn(-c3ccc([N+](=O)[O-])cc3)c(=O)c2Cl)C1. The highest BCUT2D eigenvalue weighted by Crippen LogP contribution is 2.28. The largest absolute Gasteiger partial charge is 0.368 e. The van der Waals surface area contributed by atoms with Crippen LogP contribution >= 0.6 is 11.6 Å². The van der Waals surface area contributed by atoms with Crippen LogP contribution in [0, 0.1) is 16.0 Å². The molecular formula is C18H20ClN5O4. The Morgan fingerprint density at radius 2 is 2.00 bits per heavy atom. The molecule has 9 nitrogen and oxygen atoms in total. The van der Waals surface area contributed by atoms with Gasteiger partial charge in [-0.3, -0.25) is 19.7 Å². The minimum atomic E-state index is -0.519. The third kappa shape index (κ3) is 3.84. The van der Waals surface area contributed by atoms with Crippen molar-refractivity contribution in [2.24, 2.45) is 5.92 Å². The first-order valence-electron chi connectivity index (χ1n) is 8.78. The molecule has 3 rings (SSSR count). The fraction of sp³-hybridized carbons (Fsp3) is 0.389. The van der Waals surface area contributed by atoms with Gasteiger partial charge in [0.1, 0.15) is 5.02 Å². The summed E-state index contributed by atoms with van der Waals surface area (Å²) in [5.41, 5.74) is 0.267. The summed E-state index contributed by atoms with van der Waals surface area (Å²) < 4.78 is 1.10. The maximum atomic E-state index is 12.7. The molecule has 1 unspecified atom stereocenters. The van der Waals surface area contributed by atoms with Gasteiger partial charge in [0, 0.05) is 39.3 Å². The van der Waals surface area contributed by atoms with Crippen LogP contribution in [0.25, 0.3) is 5.69 Å². The normalized spacial score (nSPS) is 16.7. The first-order chi connectivity index (χ1) is 13.3. The zero-order chi connectivity index (χ0) is 20.4. The molecule has 1 aromatic carbocycles. The lowest BCUT2D eigenvalue weighted by molar-refractivity contribution is -0.384. The molecule has 0 spiro atoms. The van der Waals surface area contributed by atoms with E-state index in [0.717, 1.165) is 17.5 Å². The number of carbonyl (C=O) groups excluding carboxylic acids is 1. The molecule has 0 radical (unpaired) electrons. The Bertz CT molecular complexity index is 957. The van der Waals surface area contributed by atoms with Crippen molar-refractivity contribution in [3.05, 3.63) is 56.0 Å². The molecule has 1 atom stereocenters. The van der Waals surface area contributed by atoms with Crippen LogP contribution < -0.4 is 10.5 Å². The fourth-order valence-electron chi connectivity index (χ4n) is 3.31. The molecule has 1 aromatic heterocycles. The number of nitrogens with zero attached hydrogens (tertiary/aromatic N) is 5. The topological polar surface area (TPSA) is 102 Å². The molecule has 0 aliphatic carbocycles. The molecule has 1 amide bonds. The fourth-order valence-corrected chi connectivity index (χ4v) is 3.56. The summed E-state index contributed by atoms with van der Waals surface area (Å²) in [4.78, 5) is 38.7. The van der Waals surface area contributed by atoms with Crippen LogP contribution in [-0.2, 0) is 4.79 Å². The maximum Gasteiger partial charge on any atom is 0.292 e. The van der Waals surface area contributed by atoms with E-state index in [1.807, 2.05) is 4.90 Å². The third-order valence-electron chi connectivity index (χ3n) is 4.76. The van der Waals surface area contributed by atoms with Gasteiger partial charge in [-0.15, -0.1) is 0 Å². The van der Waals surface area contributed by atoms with Gasteiger partial charge in [-0.25, -0.2) is 0 Å². The van der Waals surface area contributed by atoms with Gasteiger partial charge in [0.05, 0.1) is 28.4 Å². The van der Waals surface area contributed by atoms with E-state index >= 15 is 0 Å². The van der Waals surface area contributed by atoms with E-state index in [2.05, 4.69) is 5.10 Å². The molecule has 1 fully saturated rings. The van der Waals surface area contributed by atoms with Crippen LogP contribution in [0.5, 0.6) is 0 Å². The lowest BCUT2D eigenvalue weighted by Crippen LogP contribution is -2.43. The Balaban J connectivity index is 1.89. The van der Waals surface area contributed by atoms with E-state index in [9.17, 15) is 19.7 Å². The van der Waals surface area contributed by atoms with E-state index in [4.69, 9.17) is 11.6 Å². The summed E-state index contributed by atoms with van der Waals surface area (Å²) in [7, 11) is 3.45. The van der Waals surface area contributed by atoms with Crippen LogP contribution in [0.3, 0.4) is 0 Å². The molecule has 1 aliphatic rings. The minimum absolute atomic E-state index is 0.00584. The van der Waals surface area contributed by atoms with E-state index < -0.39 is 10.5 Å². The summed E-state index contributed by atoms with van der Waals surface area (Å²) >= 11 is 6.33. The number of piperidine rings is 1. The van der Waals surface area contributed by atoms with E-state index in [1.54, 1.807) is 19.0 Å².